The molecule has 0 bridgehead atoms. The summed E-state index contributed by atoms with van der Waals surface area (Å²) in [6, 6.07) is 5.00. The van der Waals surface area contributed by atoms with Gasteiger partial charge in [-0.05, 0) is 19.1 Å². The molecule has 0 aromatic heterocycles. The maximum Gasteiger partial charge on any atom is 0.242 e. The fourth-order valence-electron chi connectivity index (χ4n) is 1.65. The zero-order valence-electron chi connectivity index (χ0n) is 12.4. The molecular weight excluding hydrogens is 260 g/mol. The van der Waals surface area contributed by atoms with Crippen molar-refractivity contribution in [3.05, 3.63) is 18.2 Å². The van der Waals surface area contributed by atoms with Crippen molar-refractivity contribution in [1.82, 2.24) is 5.32 Å². The number of anilines is 1. The summed E-state index contributed by atoms with van der Waals surface area (Å²) >= 11 is 0. The first-order chi connectivity index (χ1) is 9.62. The highest BCUT2D eigenvalue weighted by atomic mass is 16.5. The Morgan fingerprint density at radius 2 is 2.00 bits per heavy atom. The first-order valence-electron chi connectivity index (χ1n) is 6.37. The molecule has 1 rings (SSSR count). The van der Waals surface area contributed by atoms with Crippen LogP contribution in [0.25, 0.3) is 0 Å². The second-order valence-electron chi connectivity index (χ2n) is 4.22. The van der Waals surface area contributed by atoms with Gasteiger partial charge in [0.25, 0.3) is 0 Å². The van der Waals surface area contributed by atoms with Crippen LogP contribution < -0.4 is 20.1 Å². The molecule has 0 heterocycles. The first kappa shape index (κ1) is 16.1. The van der Waals surface area contributed by atoms with Crippen LogP contribution in [0.3, 0.4) is 0 Å². The topological polar surface area (TPSA) is 68.8 Å². The van der Waals surface area contributed by atoms with Crippen LogP contribution >= 0.6 is 0 Å². The second kappa shape index (κ2) is 8.27. The maximum atomic E-state index is 11.9. The summed E-state index contributed by atoms with van der Waals surface area (Å²) in [4.78, 5) is 11.9. The molecule has 1 aromatic rings. The number of rotatable bonds is 8. The number of hydrogen-bond donors (Lipinski definition) is 2. The van der Waals surface area contributed by atoms with Crippen molar-refractivity contribution in [2.45, 2.75) is 13.0 Å². The summed E-state index contributed by atoms with van der Waals surface area (Å²) in [6.07, 6.45) is 0. The lowest BCUT2D eigenvalue weighted by molar-refractivity contribution is -0.121. The molecule has 6 nitrogen and oxygen atoms in total. The summed E-state index contributed by atoms with van der Waals surface area (Å²) in [5.74, 6) is 1.23. The van der Waals surface area contributed by atoms with E-state index in [0.29, 0.717) is 24.7 Å². The van der Waals surface area contributed by atoms with Crippen LogP contribution in [-0.4, -0.2) is 46.4 Å². The SMILES string of the molecule is COCCNC(=O)C(C)Nc1ccc(OC)cc1OC. The normalized spacial score (nSPS) is 11.6. The molecule has 0 aliphatic carbocycles. The molecule has 1 aromatic carbocycles. The summed E-state index contributed by atoms with van der Waals surface area (Å²) in [6.45, 7) is 2.76. The van der Waals surface area contributed by atoms with E-state index < -0.39 is 0 Å². The van der Waals surface area contributed by atoms with Crippen molar-refractivity contribution in [3.63, 3.8) is 0 Å². The van der Waals surface area contributed by atoms with E-state index in [-0.39, 0.29) is 11.9 Å². The van der Waals surface area contributed by atoms with Crippen molar-refractivity contribution in [2.75, 3.05) is 39.8 Å². The van der Waals surface area contributed by atoms with Crippen LogP contribution in [0.5, 0.6) is 11.5 Å². The zero-order chi connectivity index (χ0) is 15.0. The Morgan fingerprint density at radius 3 is 2.60 bits per heavy atom. The minimum atomic E-state index is -0.380. The van der Waals surface area contributed by atoms with Crippen LogP contribution in [0.2, 0.25) is 0 Å². The summed E-state index contributed by atoms with van der Waals surface area (Å²) < 4.78 is 15.3. The van der Waals surface area contributed by atoms with Gasteiger partial charge in [0.2, 0.25) is 5.91 Å². The lowest BCUT2D eigenvalue weighted by Crippen LogP contribution is -2.39. The Morgan fingerprint density at radius 1 is 1.25 bits per heavy atom. The highest BCUT2D eigenvalue weighted by Crippen LogP contribution is 2.29. The van der Waals surface area contributed by atoms with Gasteiger partial charge >= 0.3 is 0 Å². The minimum Gasteiger partial charge on any atom is -0.497 e. The van der Waals surface area contributed by atoms with Gasteiger partial charge < -0.3 is 24.8 Å². The number of amides is 1. The molecule has 0 fully saturated rings. The van der Waals surface area contributed by atoms with Gasteiger partial charge in [0, 0.05) is 19.7 Å². The Balaban J connectivity index is 2.65. The van der Waals surface area contributed by atoms with Gasteiger partial charge in [-0.1, -0.05) is 0 Å². The molecule has 20 heavy (non-hydrogen) atoms. The predicted molar refractivity (Wildman–Crippen MR) is 77.5 cm³/mol. The van der Waals surface area contributed by atoms with Crippen molar-refractivity contribution >= 4 is 11.6 Å². The summed E-state index contributed by atoms with van der Waals surface area (Å²) in [5.41, 5.74) is 0.739. The lowest BCUT2D eigenvalue weighted by Gasteiger charge is -2.17. The van der Waals surface area contributed by atoms with Crippen molar-refractivity contribution in [3.8, 4) is 11.5 Å². The number of hydrogen-bond acceptors (Lipinski definition) is 5. The number of carbonyl (C=O) groups is 1. The third kappa shape index (κ3) is 4.62. The molecule has 2 N–H and O–H groups in total. The second-order valence-corrected chi connectivity index (χ2v) is 4.22. The number of nitrogens with one attached hydrogen (secondary N) is 2. The maximum absolute atomic E-state index is 11.9. The molecule has 1 unspecified atom stereocenters. The van der Waals surface area contributed by atoms with Crippen LogP contribution in [-0.2, 0) is 9.53 Å². The van der Waals surface area contributed by atoms with Gasteiger partial charge in [-0.3, -0.25) is 4.79 Å². The molecule has 0 aliphatic rings. The minimum absolute atomic E-state index is 0.0973. The molecule has 0 saturated heterocycles. The molecule has 0 radical (unpaired) electrons. The van der Waals surface area contributed by atoms with Crippen LogP contribution in [0.15, 0.2) is 18.2 Å². The molecule has 0 saturated carbocycles. The average Bonchev–Trinajstić information content (AvgIpc) is 2.47. The van der Waals surface area contributed by atoms with E-state index >= 15 is 0 Å². The Bertz CT molecular complexity index is 437. The molecule has 112 valence electrons. The van der Waals surface area contributed by atoms with E-state index in [1.54, 1.807) is 40.4 Å². The van der Waals surface area contributed by atoms with Crippen LogP contribution in [0.1, 0.15) is 6.92 Å². The molecule has 0 aliphatic heterocycles. The Kier molecular flexibility index (Phi) is 6.66. The summed E-state index contributed by atoms with van der Waals surface area (Å²) in [7, 11) is 4.76. The standard InChI is InChI=1S/C14H22N2O4/c1-10(14(17)15-7-8-18-2)16-12-6-5-11(19-3)9-13(12)20-4/h5-6,9-10,16H,7-8H2,1-4H3,(H,15,17). The average molecular weight is 282 g/mol. The summed E-state index contributed by atoms with van der Waals surface area (Å²) in [5, 5.41) is 5.88. The predicted octanol–water partition coefficient (Wildman–Crippen LogP) is 1.27. The number of ether oxygens (including phenoxy) is 3. The van der Waals surface area contributed by atoms with Crippen molar-refractivity contribution in [2.24, 2.45) is 0 Å². The van der Waals surface area contributed by atoms with E-state index in [4.69, 9.17) is 14.2 Å². The Labute approximate surface area is 119 Å². The Hall–Kier alpha value is -1.95. The number of benzene rings is 1. The highest BCUT2D eigenvalue weighted by Gasteiger charge is 2.14. The molecule has 1 amide bonds. The zero-order valence-corrected chi connectivity index (χ0v) is 12.4. The molecular formula is C14H22N2O4. The number of carbonyl (C=O) groups excluding carboxylic acids is 1. The van der Waals surface area contributed by atoms with Crippen LogP contribution in [0.4, 0.5) is 5.69 Å². The van der Waals surface area contributed by atoms with Crippen molar-refractivity contribution in [1.29, 1.82) is 0 Å². The number of methoxy groups -OCH3 is 3. The molecule has 0 spiro atoms. The fourth-order valence-corrected chi connectivity index (χ4v) is 1.65. The van der Waals surface area contributed by atoms with E-state index in [1.807, 2.05) is 6.07 Å². The van der Waals surface area contributed by atoms with E-state index in [2.05, 4.69) is 10.6 Å². The third-order valence-corrected chi connectivity index (χ3v) is 2.78. The van der Waals surface area contributed by atoms with Gasteiger partial charge in [-0.15, -0.1) is 0 Å². The first-order valence-corrected chi connectivity index (χ1v) is 6.37. The fraction of sp³-hybridized carbons (Fsp3) is 0.500. The van der Waals surface area contributed by atoms with Gasteiger partial charge in [0.05, 0.1) is 26.5 Å². The molecule has 6 heteroatoms. The van der Waals surface area contributed by atoms with E-state index in [0.717, 1.165) is 5.69 Å². The smallest absolute Gasteiger partial charge is 0.242 e. The highest BCUT2D eigenvalue weighted by molar-refractivity contribution is 5.84. The quantitative estimate of drug-likeness (QED) is 0.703. The monoisotopic (exact) mass is 282 g/mol. The largest absolute Gasteiger partial charge is 0.497 e. The van der Waals surface area contributed by atoms with Gasteiger partial charge in [-0.25, -0.2) is 0 Å². The van der Waals surface area contributed by atoms with Crippen LogP contribution in [0, 0.1) is 0 Å². The lowest BCUT2D eigenvalue weighted by atomic mass is 10.2. The van der Waals surface area contributed by atoms with Gasteiger partial charge in [-0.2, -0.15) is 0 Å². The van der Waals surface area contributed by atoms with E-state index in [9.17, 15) is 4.79 Å². The third-order valence-electron chi connectivity index (χ3n) is 2.78. The van der Waals surface area contributed by atoms with Gasteiger partial charge in [0.15, 0.2) is 0 Å². The van der Waals surface area contributed by atoms with E-state index in [1.165, 1.54) is 0 Å². The van der Waals surface area contributed by atoms with Gasteiger partial charge in [0.1, 0.15) is 17.5 Å². The molecule has 1 atom stereocenters. The van der Waals surface area contributed by atoms with Crippen molar-refractivity contribution < 1.29 is 19.0 Å².